The van der Waals surface area contributed by atoms with Crippen LogP contribution >= 0.6 is 0 Å². The summed E-state index contributed by atoms with van der Waals surface area (Å²) in [5.41, 5.74) is 2.90. The second-order valence-corrected chi connectivity index (χ2v) is 6.90. The fourth-order valence-corrected chi connectivity index (χ4v) is 3.40. The summed E-state index contributed by atoms with van der Waals surface area (Å²) >= 11 is 0. The van der Waals surface area contributed by atoms with Crippen LogP contribution in [0.25, 0.3) is 11.8 Å². The van der Waals surface area contributed by atoms with Crippen LogP contribution in [0.15, 0.2) is 79.1 Å². The summed E-state index contributed by atoms with van der Waals surface area (Å²) < 4.78 is 1.79. The lowest BCUT2D eigenvalue weighted by molar-refractivity contribution is 0.0650. The molecule has 4 rings (SSSR count). The number of aromatic nitrogens is 2. The highest BCUT2D eigenvalue weighted by atomic mass is 16.2. The van der Waals surface area contributed by atoms with Crippen molar-refractivity contribution in [1.29, 1.82) is 0 Å². The molecule has 5 nitrogen and oxygen atoms in total. The fourth-order valence-electron chi connectivity index (χ4n) is 3.40. The molecule has 0 unspecified atom stereocenters. The van der Waals surface area contributed by atoms with E-state index in [-0.39, 0.29) is 5.91 Å². The number of rotatable bonds is 5. The Morgan fingerprint density at radius 2 is 1.68 bits per heavy atom. The molecule has 28 heavy (non-hydrogen) atoms. The van der Waals surface area contributed by atoms with Crippen molar-refractivity contribution in [3.8, 4) is 5.69 Å². The summed E-state index contributed by atoms with van der Waals surface area (Å²) in [6.07, 6.45) is 7.98. The van der Waals surface area contributed by atoms with E-state index in [9.17, 15) is 4.79 Å². The number of nitrogens with zero attached hydrogens (tertiary/aromatic N) is 4. The van der Waals surface area contributed by atoms with Crippen molar-refractivity contribution in [1.82, 2.24) is 19.6 Å². The maximum absolute atomic E-state index is 12.8. The average Bonchev–Trinajstić information content (AvgIpc) is 3.30. The number of piperazine rings is 1. The van der Waals surface area contributed by atoms with E-state index in [1.165, 1.54) is 5.56 Å². The van der Waals surface area contributed by atoms with Crippen LogP contribution in [0.2, 0.25) is 0 Å². The summed E-state index contributed by atoms with van der Waals surface area (Å²) in [6.45, 7) is 4.24. The van der Waals surface area contributed by atoms with Gasteiger partial charge in [0.25, 0.3) is 5.91 Å². The third-order valence-electron chi connectivity index (χ3n) is 5.02. The molecular weight excluding hydrogens is 348 g/mol. The quantitative estimate of drug-likeness (QED) is 0.690. The normalized spacial score (nSPS) is 15.2. The first kappa shape index (κ1) is 18.2. The zero-order chi connectivity index (χ0) is 19.2. The maximum Gasteiger partial charge on any atom is 0.253 e. The summed E-state index contributed by atoms with van der Waals surface area (Å²) in [5, 5.41) is 4.21. The second-order valence-electron chi connectivity index (χ2n) is 6.90. The first-order chi connectivity index (χ1) is 13.8. The molecule has 1 saturated heterocycles. The zero-order valence-electron chi connectivity index (χ0n) is 15.8. The summed E-state index contributed by atoms with van der Waals surface area (Å²) in [7, 11) is 0. The van der Waals surface area contributed by atoms with Gasteiger partial charge in [-0.2, -0.15) is 5.10 Å². The molecule has 3 aromatic rings. The Kier molecular flexibility index (Phi) is 5.64. The predicted molar refractivity (Wildman–Crippen MR) is 111 cm³/mol. The zero-order valence-corrected chi connectivity index (χ0v) is 15.8. The summed E-state index contributed by atoms with van der Waals surface area (Å²) in [5.74, 6) is 0.103. The molecule has 0 atom stereocenters. The number of amides is 1. The van der Waals surface area contributed by atoms with E-state index >= 15 is 0 Å². The fraction of sp³-hybridized carbons (Fsp3) is 0.217. The molecule has 5 heteroatoms. The van der Waals surface area contributed by atoms with Crippen molar-refractivity contribution in [2.75, 3.05) is 32.7 Å². The van der Waals surface area contributed by atoms with Gasteiger partial charge in [-0.3, -0.25) is 9.69 Å². The van der Waals surface area contributed by atoms with E-state index < -0.39 is 0 Å². The minimum Gasteiger partial charge on any atom is -0.336 e. The third kappa shape index (κ3) is 4.38. The van der Waals surface area contributed by atoms with Crippen LogP contribution in [-0.2, 0) is 0 Å². The number of hydrogen-bond donors (Lipinski definition) is 0. The van der Waals surface area contributed by atoms with E-state index in [4.69, 9.17) is 0 Å². The Balaban J connectivity index is 1.28. The Morgan fingerprint density at radius 1 is 0.929 bits per heavy atom. The van der Waals surface area contributed by atoms with Crippen LogP contribution in [0, 0.1) is 0 Å². The minimum absolute atomic E-state index is 0.103. The highest BCUT2D eigenvalue weighted by Gasteiger charge is 2.21. The van der Waals surface area contributed by atoms with Crippen molar-refractivity contribution in [3.63, 3.8) is 0 Å². The smallest absolute Gasteiger partial charge is 0.253 e. The van der Waals surface area contributed by atoms with Crippen LogP contribution in [0.4, 0.5) is 0 Å². The molecule has 2 heterocycles. The van der Waals surface area contributed by atoms with E-state index in [0.717, 1.165) is 44.0 Å². The molecule has 0 N–H and O–H groups in total. The van der Waals surface area contributed by atoms with Crippen molar-refractivity contribution < 1.29 is 4.79 Å². The maximum atomic E-state index is 12.8. The van der Waals surface area contributed by atoms with Gasteiger partial charge in [-0.25, -0.2) is 4.68 Å². The number of carbonyl (C=O) groups is 1. The van der Waals surface area contributed by atoms with Gasteiger partial charge in [0.05, 0.1) is 5.69 Å². The molecule has 142 valence electrons. The Hall–Kier alpha value is -3.18. The molecule has 2 aromatic carbocycles. The first-order valence-corrected chi connectivity index (χ1v) is 9.63. The molecule has 0 saturated carbocycles. The van der Waals surface area contributed by atoms with Gasteiger partial charge in [0, 0.05) is 50.7 Å². The Labute approximate surface area is 165 Å². The van der Waals surface area contributed by atoms with Gasteiger partial charge in [0.1, 0.15) is 0 Å². The monoisotopic (exact) mass is 372 g/mol. The largest absolute Gasteiger partial charge is 0.336 e. The van der Waals surface area contributed by atoms with E-state index in [1.807, 2.05) is 59.6 Å². The molecular formula is C23H24N4O. The van der Waals surface area contributed by atoms with Crippen LogP contribution in [0.1, 0.15) is 15.9 Å². The Bertz CT molecular complexity index is 909. The van der Waals surface area contributed by atoms with Crippen molar-refractivity contribution in [2.45, 2.75) is 0 Å². The second kappa shape index (κ2) is 8.67. The van der Waals surface area contributed by atoms with Crippen LogP contribution in [0.3, 0.4) is 0 Å². The van der Waals surface area contributed by atoms with Gasteiger partial charge in [-0.1, -0.05) is 42.5 Å². The van der Waals surface area contributed by atoms with Crippen LogP contribution in [0.5, 0.6) is 0 Å². The topological polar surface area (TPSA) is 41.4 Å². The van der Waals surface area contributed by atoms with E-state index in [1.54, 1.807) is 10.9 Å². The van der Waals surface area contributed by atoms with Crippen molar-refractivity contribution in [2.24, 2.45) is 0 Å². The number of carbonyl (C=O) groups excluding carboxylic acids is 1. The van der Waals surface area contributed by atoms with Gasteiger partial charge in [0.15, 0.2) is 0 Å². The standard InChI is InChI=1S/C23H24N4O/c28-23(21-9-11-22(12-10-21)27-15-5-13-24-27)26-18-16-25(17-19-26)14-4-8-20-6-2-1-3-7-20/h1-13,15H,14,16-19H2/b8-4+. The highest BCUT2D eigenvalue weighted by Crippen LogP contribution is 2.13. The van der Waals surface area contributed by atoms with Crippen LogP contribution < -0.4 is 0 Å². The molecule has 1 aliphatic heterocycles. The third-order valence-corrected chi connectivity index (χ3v) is 5.02. The summed E-state index contributed by atoms with van der Waals surface area (Å²) in [6, 6.07) is 19.8. The number of hydrogen-bond acceptors (Lipinski definition) is 3. The van der Waals surface area contributed by atoms with Crippen LogP contribution in [-0.4, -0.2) is 58.2 Å². The molecule has 1 amide bonds. The molecule has 0 spiro atoms. The molecule has 1 aliphatic rings. The van der Waals surface area contributed by atoms with Gasteiger partial charge < -0.3 is 4.90 Å². The van der Waals surface area contributed by atoms with E-state index in [2.05, 4.69) is 34.3 Å². The highest BCUT2D eigenvalue weighted by molar-refractivity contribution is 5.94. The molecule has 1 aromatic heterocycles. The SMILES string of the molecule is O=C(c1ccc(-n2cccn2)cc1)N1CCN(C/C=C/c2ccccc2)CC1. The van der Waals surface area contributed by atoms with Gasteiger partial charge >= 0.3 is 0 Å². The summed E-state index contributed by atoms with van der Waals surface area (Å²) in [4.78, 5) is 17.1. The molecule has 1 fully saturated rings. The molecule has 0 bridgehead atoms. The van der Waals surface area contributed by atoms with Crippen molar-refractivity contribution >= 4 is 12.0 Å². The number of benzene rings is 2. The van der Waals surface area contributed by atoms with Gasteiger partial charge in [-0.05, 0) is 35.9 Å². The lowest BCUT2D eigenvalue weighted by Crippen LogP contribution is -2.48. The lowest BCUT2D eigenvalue weighted by Gasteiger charge is -2.34. The Morgan fingerprint density at radius 3 is 2.36 bits per heavy atom. The minimum atomic E-state index is 0.103. The first-order valence-electron chi connectivity index (χ1n) is 9.63. The lowest BCUT2D eigenvalue weighted by atomic mass is 10.1. The van der Waals surface area contributed by atoms with E-state index in [0.29, 0.717) is 0 Å². The molecule has 0 aliphatic carbocycles. The van der Waals surface area contributed by atoms with Crippen molar-refractivity contribution in [3.05, 3.63) is 90.3 Å². The van der Waals surface area contributed by atoms with Gasteiger partial charge in [0.2, 0.25) is 0 Å². The van der Waals surface area contributed by atoms with Gasteiger partial charge in [-0.15, -0.1) is 0 Å². The predicted octanol–water partition coefficient (Wildman–Crippen LogP) is 3.34. The molecule has 0 radical (unpaired) electrons. The average molecular weight is 372 g/mol.